The van der Waals surface area contributed by atoms with Gasteiger partial charge in [-0.2, -0.15) is 0 Å². The van der Waals surface area contributed by atoms with Crippen LogP contribution in [0.1, 0.15) is 41.1 Å². The van der Waals surface area contributed by atoms with Gasteiger partial charge in [0.2, 0.25) is 0 Å². The van der Waals surface area contributed by atoms with Crippen LogP contribution in [0, 0.1) is 9.49 Å². The molecule has 2 atom stereocenters. The Morgan fingerprint density at radius 1 is 1.33 bits per heavy atom. The van der Waals surface area contributed by atoms with E-state index in [1.54, 1.807) is 4.90 Å². The molecule has 0 radical (unpaired) electrons. The fraction of sp³-hybridized carbons (Fsp3) is 0.353. The molecule has 110 valence electrons. The normalized spacial score (nSPS) is 20.3. The second kappa shape index (κ2) is 5.83. The summed E-state index contributed by atoms with van der Waals surface area (Å²) in [5, 5.41) is 0. The third-order valence-electron chi connectivity index (χ3n) is 4.00. The molecule has 4 heteroatoms. The minimum absolute atomic E-state index is 0.0257. The van der Waals surface area contributed by atoms with Gasteiger partial charge in [0.1, 0.15) is 11.5 Å². The minimum atomic E-state index is 0.0257. The first-order valence-corrected chi connectivity index (χ1v) is 8.22. The maximum absolute atomic E-state index is 12.5. The first-order valence-electron chi connectivity index (χ1n) is 7.15. The van der Waals surface area contributed by atoms with Gasteiger partial charge >= 0.3 is 0 Å². The maximum atomic E-state index is 12.5. The van der Waals surface area contributed by atoms with Crippen LogP contribution in [0.15, 0.2) is 40.8 Å². The van der Waals surface area contributed by atoms with Gasteiger partial charge in [-0.25, -0.2) is 0 Å². The average Bonchev–Trinajstić information content (AvgIpc) is 3.01. The van der Waals surface area contributed by atoms with Crippen molar-refractivity contribution in [2.75, 3.05) is 7.05 Å². The fourth-order valence-corrected chi connectivity index (χ4v) is 3.16. The van der Waals surface area contributed by atoms with Crippen LogP contribution in [-0.4, -0.2) is 17.9 Å². The lowest BCUT2D eigenvalue weighted by atomic mass is 10.2. The second-order valence-electron chi connectivity index (χ2n) is 5.76. The Bertz CT molecular complexity index is 664. The second-order valence-corrected chi connectivity index (χ2v) is 6.93. The lowest BCUT2D eigenvalue weighted by Gasteiger charge is -2.16. The van der Waals surface area contributed by atoms with Crippen molar-refractivity contribution in [1.29, 1.82) is 0 Å². The molecule has 1 aromatic carbocycles. The Morgan fingerprint density at radius 2 is 2.05 bits per heavy atom. The van der Waals surface area contributed by atoms with Gasteiger partial charge in [-0.3, -0.25) is 4.79 Å². The van der Waals surface area contributed by atoms with Crippen LogP contribution in [0.25, 0.3) is 0 Å². The fourth-order valence-electron chi connectivity index (χ4n) is 2.54. The molecule has 2 unspecified atom stereocenters. The van der Waals surface area contributed by atoms with E-state index < -0.39 is 0 Å². The van der Waals surface area contributed by atoms with Crippen LogP contribution in [0.4, 0.5) is 0 Å². The maximum Gasteiger partial charge on any atom is 0.255 e. The Kier molecular flexibility index (Phi) is 4.06. The van der Waals surface area contributed by atoms with Gasteiger partial charge in [-0.05, 0) is 59.2 Å². The zero-order chi connectivity index (χ0) is 15.0. The number of rotatable bonds is 4. The minimum Gasteiger partial charge on any atom is -0.464 e. The number of hydrogen-bond donors (Lipinski definition) is 0. The number of amides is 1. The van der Waals surface area contributed by atoms with Crippen LogP contribution in [0.3, 0.4) is 0 Å². The molecule has 1 aliphatic carbocycles. The van der Waals surface area contributed by atoms with Crippen LogP contribution in [0.5, 0.6) is 0 Å². The van der Waals surface area contributed by atoms with Crippen molar-refractivity contribution >= 4 is 28.5 Å². The van der Waals surface area contributed by atoms with E-state index in [0.717, 1.165) is 26.6 Å². The summed E-state index contributed by atoms with van der Waals surface area (Å²) in [5.74, 6) is 3.25. The van der Waals surface area contributed by atoms with Gasteiger partial charge in [0, 0.05) is 16.5 Å². The van der Waals surface area contributed by atoms with Crippen LogP contribution in [-0.2, 0) is 6.54 Å². The molecule has 0 spiro atoms. The highest BCUT2D eigenvalue weighted by Crippen LogP contribution is 2.47. The number of furan rings is 1. The van der Waals surface area contributed by atoms with E-state index in [-0.39, 0.29) is 5.91 Å². The topological polar surface area (TPSA) is 33.5 Å². The van der Waals surface area contributed by atoms with Crippen molar-refractivity contribution in [2.45, 2.75) is 25.8 Å². The average molecular weight is 395 g/mol. The number of nitrogens with zero attached hydrogens (tertiary/aromatic N) is 1. The summed E-state index contributed by atoms with van der Waals surface area (Å²) in [6.07, 6.45) is 1.21. The Labute approximate surface area is 138 Å². The summed E-state index contributed by atoms with van der Waals surface area (Å²) in [4.78, 5) is 14.2. The number of hydrogen-bond acceptors (Lipinski definition) is 2. The van der Waals surface area contributed by atoms with Crippen molar-refractivity contribution in [3.05, 3.63) is 57.1 Å². The van der Waals surface area contributed by atoms with E-state index in [1.807, 2.05) is 43.4 Å². The summed E-state index contributed by atoms with van der Waals surface area (Å²) >= 11 is 2.19. The SMILES string of the molecule is CC1CC1c1ccc(CN(C)C(=O)c2ccccc2I)o1. The number of carbonyl (C=O) groups excluding carboxylic acids is 1. The predicted molar refractivity (Wildman–Crippen MR) is 90.2 cm³/mol. The van der Waals surface area contributed by atoms with Gasteiger partial charge in [0.25, 0.3) is 5.91 Å². The molecule has 3 nitrogen and oxygen atoms in total. The summed E-state index contributed by atoms with van der Waals surface area (Å²) in [5.41, 5.74) is 0.739. The van der Waals surface area contributed by atoms with E-state index in [0.29, 0.717) is 12.5 Å². The third-order valence-corrected chi connectivity index (χ3v) is 4.94. The predicted octanol–water partition coefficient (Wildman–Crippen LogP) is 4.28. The number of carbonyl (C=O) groups is 1. The van der Waals surface area contributed by atoms with Crippen molar-refractivity contribution in [3.8, 4) is 0 Å². The van der Waals surface area contributed by atoms with Crippen molar-refractivity contribution in [3.63, 3.8) is 0 Å². The van der Waals surface area contributed by atoms with E-state index in [9.17, 15) is 4.79 Å². The van der Waals surface area contributed by atoms with Gasteiger partial charge in [-0.15, -0.1) is 0 Å². The van der Waals surface area contributed by atoms with Crippen LogP contribution < -0.4 is 0 Å². The van der Waals surface area contributed by atoms with Gasteiger partial charge < -0.3 is 9.32 Å². The zero-order valence-corrected chi connectivity index (χ0v) is 14.3. The van der Waals surface area contributed by atoms with Gasteiger partial charge in [0.05, 0.1) is 12.1 Å². The van der Waals surface area contributed by atoms with E-state index in [1.165, 1.54) is 6.42 Å². The van der Waals surface area contributed by atoms with E-state index >= 15 is 0 Å². The monoisotopic (exact) mass is 395 g/mol. The first-order chi connectivity index (χ1) is 10.1. The highest BCUT2D eigenvalue weighted by Gasteiger charge is 2.36. The third kappa shape index (κ3) is 3.15. The molecular weight excluding hydrogens is 377 g/mol. The summed E-state index contributed by atoms with van der Waals surface area (Å²) in [7, 11) is 1.81. The smallest absolute Gasteiger partial charge is 0.255 e. The van der Waals surface area contributed by atoms with E-state index in [4.69, 9.17) is 4.42 Å². The molecule has 0 saturated heterocycles. The molecule has 1 heterocycles. The first kappa shape index (κ1) is 14.6. The summed E-state index contributed by atoms with van der Waals surface area (Å²) in [6, 6.07) is 11.7. The Balaban J connectivity index is 1.68. The Morgan fingerprint density at radius 3 is 2.71 bits per heavy atom. The quantitative estimate of drug-likeness (QED) is 0.725. The van der Waals surface area contributed by atoms with Crippen LogP contribution >= 0.6 is 22.6 Å². The Hall–Kier alpha value is -1.30. The highest BCUT2D eigenvalue weighted by atomic mass is 127. The molecule has 1 aliphatic rings. The van der Waals surface area contributed by atoms with Crippen LogP contribution in [0.2, 0.25) is 0 Å². The molecule has 21 heavy (non-hydrogen) atoms. The van der Waals surface area contributed by atoms with Crippen molar-refractivity contribution in [2.24, 2.45) is 5.92 Å². The standard InChI is InChI=1S/C17H18INO2/c1-11-9-14(11)16-8-7-12(21-16)10-19(2)17(20)13-5-3-4-6-15(13)18/h3-8,11,14H,9-10H2,1-2H3. The molecule has 1 amide bonds. The van der Waals surface area contributed by atoms with Gasteiger partial charge in [0.15, 0.2) is 0 Å². The molecule has 0 N–H and O–H groups in total. The van der Waals surface area contributed by atoms with E-state index in [2.05, 4.69) is 29.5 Å². The lowest BCUT2D eigenvalue weighted by Crippen LogP contribution is -2.26. The molecule has 2 aromatic rings. The summed E-state index contributed by atoms with van der Waals surface area (Å²) < 4.78 is 6.84. The van der Waals surface area contributed by atoms with Crippen molar-refractivity contribution < 1.29 is 9.21 Å². The molecule has 3 rings (SSSR count). The molecule has 0 aliphatic heterocycles. The largest absolute Gasteiger partial charge is 0.464 e. The number of benzene rings is 1. The zero-order valence-electron chi connectivity index (χ0n) is 12.2. The molecule has 0 bridgehead atoms. The summed E-state index contributed by atoms with van der Waals surface area (Å²) in [6.45, 7) is 2.74. The highest BCUT2D eigenvalue weighted by molar-refractivity contribution is 14.1. The lowest BCUT2D eigenvalue weighted by molar-refractivity contribution is 0.0774. The van der Waals surface area contributed by atoms with Gasteiger partial charge in [-0.1, -0.05) is 19.1 Å². The molecule has 1 fully saturated rings. The number of halogens is 1. The molecule has 1 aromatic heterocycles. The molecular formula is C17H18INO2. The van der Waals surface area contributed by atoms with Crippen molar-refractivity contribution in [1.82, 2.24) is 4.90 Å². The molecule has 1 saturated carbocycles.